The lowest BCUT2D eigenvalue weighted by molar-refractivity contribution is -0.144. The van der Waals surface area contributed by atoms with Crippen LogP contribution in [0, 0.1) is 0 Å². The SMILES string of the molecule is CCC(=CCOc1ccc2ccc(=O)oc2c1OC)CC(C=C(C)C)OC(C)=O. The number of allylic oxidation sites excluding steroid dienone is 1. The zero-order chi connectivity index (χ0) is 21.4. The molecule has 156 valence electrons. The maximum Gasteiger partial charge on any atom is 0.336 e. The van der Waals surface area contributed by atoms with E-state index in [9.17, 15) is 9.59 Å². The standard InChI is InChI=1S/C23H28O6/c1-6-17(14-19(13-15(2)3)28-16(4)24)11-12-27-20-9-7-18-8-10-21(25)29-22(18)23(20)26-5/h7-11,13,19H,6,12,14H2,1-5H3. The molecular weight excluding hydrogens is 372 g/mol. The van der Waals surface area contributed by atoms with Gasteiger partial charge in [-0.1, -0.05) is 18.1 Å². The van der Waals surface area contributed by atoms with Crippen molar-refractivity contribution in [3.8, 4) is 11.5 Å². The van der Waals surface area contributed by atoms with Crippen molar-refractivity contribution >= 4 is 16.9 Å². The minimum absolute atomic E-state index is 0.298. The van der Waals surface area contributed by atoms with Gasteiger partial charge in [-0.05, 0) is 50.6 Å². The highest BCUT2D eigenvalue weighted by Crippen LogP contribution is 2.34. The summed E-state index contributed by atoms with van der Waals surface area (Å²) >= 11 is 0. The highest BCUT2D eigenvalue weighted by atomic mass is 16.5. The predicted octanol–water partition coefficient (Wildman–Crippen LogP) is 4.80. The first-order valence-electron chi connectivity index (χ1n) is 9.57. The van der Waals surface area contributed by atoms with Crippen LogP contribution in [0.5, 0.6) is 11.5 Å². The van der Waals surface area contributed by atoms with Gasteiger partial charge in [0.25, 0.3) is 0 Å². The second-order valence-electron chi connectivity index (χ2n) is 6.89. The number of hydrogen-bond acceptors (Lipinski definition) is 6. The summed E-state index contributed by atoms with van der Waals surface area (Å²) in [6.07, 6.45) is 5.03. The van der Waals surface area contributed by atoms with E-state index < -0.39 is 5.63 Å². The second-order valence-corrected chi connectivity index (χ2v) is 6.89. The highest BCUT2D eigenvalue weighted by molar-refractivity contribution is 5.85. The summed E-state index contributed by atoms with van der Waals surface area (Å²) in [5, 5.41) is 0.754. The molecule has 1 aromatic heterocycles. The topological polar surface area (TPSA) is 75.0 Å². The summed E-state index contributed by atoms with van der Waals surface area (Å²) in [7, 11) is 1.51. The molecule has 0 spiro atoms. The summed E-state index contributed by atoms with van der Waals surface area (Å²) in [6, 6.07) is 6.64. The minimum Gasteiger partial charge on any atom is -0.490 e. The van der Waals surface area contributed by atoms with E-state index in [-0.39, 0.29) is 12.1 Å². The highest BCUT2D eigenvalue weighted by Gasteiger charge is 2.13. The molecule has 0 aliphatic rings. The number of ether oxygens (including phenoxy) is 3. The second kappa shape index (κ2) is 10.5. The van der Waals surface area contributed by atoms with Crippen molar-refractivity contribution in [2.24, 2.45) is 0 Å². The number of carbonyl (C=O) groups excluding carboxylic acids is 1. The van der Waals surface area contributed by atoms with Crippen LogP contribution in [0.4, 0.5) is 0 Å². The first-order valence-corrected chi connectivity index (χ1v) is 9.57. The molecule has 0 bridgehead atoms. The Labute approximate surface area is 170 Å². The van der Waals surface area contributed by atoms with E-state index in [0.29, 0.717) is 30.1 Å². The van der Waals surface area contributed by atoms with Crippen LogP contribution in [-0.2, 0) is 9.53 Å². The van der Waals surface area contributed by atoms with Crippen molar-refractivity contribution in [1.82, 2.24) is 0 Å². The van der Waals surface area contributed by atoms with Gasteiger partial charge in [0.15, 0.2) is 11.3 Å². The Balaban J connectivity index is 2.16. The van der Waals surface area contributed by atoms with Gasteiger partial charge < -0.3 is 18.6 Å². The molecule has 0 aliphatic carbocycles. The van der Waals surface area contributed by atoms with Gasteiger partial charge in [0.1, 0.15) is 12.7 Å². The zero-order valence-electron chi connectivity index (χ0n) is 17.6. The molecule has 0 fully saturated rings. The first kappa shape index (κ1) is 22.3. The molecule has 6 heteroatoms. The Morgan fingerprint density at radius 2 is 1.90 bits per heavy atom. The van der Waals surface area contributed by atoms with E-state index in [2.05, 4.69) is 0 Å². The van der Waals surface area contributed by atoms with Crippen LogP contribution in [0.3, 0.4) is 0 Å². The number of methoxy groups -OCH3 is 1. The first-order chi connectivity index (χ1) is 13.8. The molecule has 0 saturated heterocycles. The van der Waals surface area contributed by atoms with Crippen LogP contribution in [-0.4, -0.2) is 25.8 Å². The van der Waals surface area contributed by atoms with Gasteiger partial charge in [0.2, 0.25) is 5.75 Å². The molecule has 0 amide bonds. The Hall–Kier alpha value is -3.02. The normalized spacial score (nSPS) is 12.4. The third kappa shape index (κ3) is 6.52. The van der Waals surface area contributed by atoms with Crippen molar-refractivity contribution in [2.75, 3.05) is 13.7 Å². The van der Waals surface area contributed by atoms with Crippen molar-refractivity contribution in [3.63, 3.8) is 0 Å². The van der Waals surface area contributed by atoms with E-state index in [1.54, 1.807) is 12.1 Å². The summed E-state index contributed by atoms with van der Waals surface area (Å²) in [5.41, 5.74) is 2.11. The fourth-order valence-corrected chi connectivity index (χ4v) is 3.00. The molecule has 0 aliphatic heterocycles. The predicted molar refractivity (Wildman–Crippen MR) is 113 cm³/mol. The van der Waals surface area contributed by atoms with Gasteiger partial charge in [0, 0.05) is 24.8 Å². The summed E-state index contributed by atoms with van der Waals surface area (Å²) in [5.74, 6) is 0.567. The largest absolute Gasteiger partial charge is 0.490 e. The zero-order valence-corrected chi connectivity index (χ0v) is 17.6. The maximum atomic E-state index is 11.5. The third-order valence-corrected chi connectivity index (χ3v) is 4.28. The third-order valence-electron chi connectivity index (χ3n) is 4.28. The number of hydrogen-bond donors (Lipinski definition) is 0. The van der Waals surface area contributed by atoms with E-state index in [4.69, 9.17) is 18.6 Å². The van der Waals surface area contributed by atoms with Crippen LogP contribution >= 0.6 is 0 Å². The molecule has 6 nitrogen and oxygen atoms in total. The lowest BCUT2D eigenvalue weighted by Crippen LogP contribution is -2.15. The van der Waals surface area contributed by atoms with Crippen LogP contribution in [0.25, 0.3) is 11.0 Å². The summed E-state index contributed by atoms with van der Waals surface area (Å²) in [4.78, 5) is 22.9. The Morgan fingerprint density at radius 1 is 1.17 bits per heavy atom. The van der Waals surface area contributed by atoms with Crippen molar-refractivity contribution < 1.29 is 23.4 Å². The van der Waals surface area contributed by atoms with Crippen molar-refractivity contribution in [1.29, 1.82) is 0 Å². The molecule has 2 aromatic rings. The molecule has 1 heterocycles. The summed E-state index contributed by atoms with van der Waals surface area (Å²) < 4.78 is 21.9. The van der Waals surface area contributed by atoms with E-state index in [0.717, 1.165) is 23.0 Å². The fourth-order valence-electron chi connectivity index (χ4n) is 3.00. The van der Waals surface area contributed by atoms with E-state index >= 15 is 0 Å². The molecule has 0 N–H and O–H groups in total. The number of fused-ring (bicyclic) bond motifs is 1. The molecule has 2 rings (SSSR count). The van der Waals surface area contributed by atoms with Crippen molar-refractivity contribution in [3.05, 3.63) is 58.0 Å². The van der Waals surface area contributed by atoms with Gasteiger partial charge in [-0.25, -0.2) is 4.79 Å². The summed E-state index contributed by atoms with van der Waals surface area (Å²) in [6.45, 7) is 7.71. The van der Waals surface area contributed by atoms with Crippen LogP contribution in [0.2, 0.25) is 0 Å². The maximum absolute atomic E-state index is 11.5. The number of rotatable bonds is 9. The van der Waals surface area contributed by atoms with Gasteiger partial charge in [-0.15, -0.1) is 0 Å². The average Bonchev–Trinajstić information content (AvgIpc) is 2.65. The van der Waals surface area contributed by atoms with Crippen LogP contribution in [0.1, 0.15) is 40.5 Å². The fraction of sp³-hybridized carbons (Fsp3) is 0.391. The molecular formula is C23H28O6. The Kier molecular flexibility index (Phi) is 8.07. The molecule has 29 heavy (non-hydrogen) atoms. The smallest absolute Gasteiger partial charge is 0.336 e. The molecule has 1 atom stereocenters. The molecule has 1 aromatic carbocycles. The van der Waals surface area contributed by atoms with Crippen LogP contribution in [0.15, 0.2) is 56.8 Å². The van der Waals surface area contributed by atoms with Gasteiger partial charge in [0.05, 0.1) is 7.11 Å². The van der Waals surface area contributed by atoms with Crippen molar-refractivity contribution in [2.45, 2.75) is 46.6 Å². The molecule has 0 saturated carbocycles. The van der Waals surface area contributed by atoms with Crippen LogP contribution < -0.4 is 15.1 Å². The van der Waals surface area contributed by atoms with E-state index in [1.807, 2.05) is 39.0 Å². The molecule has 1 unspecified atom stereocenters. The Bertz CT molecular complexity index is 963. The lowest BCUT2D eigenvalue weighted by atomic mass is 10.0. The quantitative estimate of drug-likeness (QED) is 0.342. The average molecular weight is 400 g/mol. The lowest BCUT2D eigenvalue weighted by Gasteiger charge is -2.16. The molecule has 0 radical (unpaired) electrons. The number of carbonyl (C=O) groups is 1. The monoisotopic (exact) mass is 400 g/mol. The minimum atomic E-state index is -0.447. The number of esters is 1. The Morgan fingerprint density at radius 3 is 2.52 bits per heavy atom. The van der Waals surface area contributed by atoms with Gasteiger partial charge >= 0.3 is 11.6 Å². The van der Waals surface area contributed by atoms with Gasteiger partial charge in [-0.2, -0.15) is 0 Å². The number of benzene rings is 1. The van der Waals surface area contributed by atoms with E-state index in [1.165, 1.54) is 20.1 Å². The van der Waals surface area contributed by atoms with Gasteiger partial charge in [-0.3, -0.25) is 4.79 Å².